The van der Waals surface area contributed by atoms with Crippen LogP contribution in [0.2, 0.25) is 0 Å². The number of aromatic nitrogens is 3. The van der Waals surface area contributed by atoms with Crippen LogP contribution in [0.15, 0.2) is 72.8 Å². The standard InChI is InChI=1S/C27H25N3O3/c1-16(26(31)33-27(3,4)5)22-20-15-18-11-9-10-14-21(18)28-24(20)32-25-23(22)17(2)29-30(25)19-12-7-6-8-13-19/h6-15,22H,1H2,2-5H3/t22-/m0/s1. The third-order valence-electron chi connectivity index (χ3n) is 5.58. The van der Waals surface area contributed by atoms with E-state index in [1.165, 1.54) is 0 Å². The van der Waals surface area contributed by atoms with Crippen molar-refractivity contribution in [2.45, 2.75) is 39.2 Å². The number of para-hydroxylation sites is 2. The minimum absolute atomic E-state index is 0.323. The number of pyridine rings is 1. The van der Waals surface area contributed by atoms with Gasteiger partial charge < -0.3 is 9.47 Å². The first-order valence-corrected chi connectivity index (χ1v) is 10.9. The van der Waals surface area contributed by atoms with Gasteiger partial charge in [-0.25, -0.2) is 14.5 Å². The predicted octanol–water partition coefficient (Wildman–Crippen LogP) is 5.86. The lowest BCUT2D eigenvalue weighted by Crippen LogP contribution is -2.27. The van der Waals surface area contributed by atoms with E-state index in [2.05, 4.69) is 6.58 Å². The van der Waals surface area contributed by atoms with E-state index in [4.69, 9.17) is 19.6 Å². The van der Waals surface area contributed by atoms with E-state index in [0.29, 0.717) is 17.3 Å². The first kappa shape index (κ1) is 20.9. The highest BCUT2D eigenvalue weighted by molar-refractivity contribution is 5.92. The van der Waals surface area contributed by atoms with E-state index in [0.717, 1.165) is 33.4 Å². The molecule has 2 aromatic heterocycles. The summed E-state index contributed by atoms with van der Waals surface area (Å²) in [7, 11) is 0. The van der Waals surface area contributed by atoms with Gasteiger partial charge in [-0.3, -0.25) is 0 Å². The molecule has 6 heteroatoms. The fraction of sp³-hybridized carbons (Fsp3) is 0.222. The summed E-state index contributed by atoms with van der Waals surface area (Å²) in [5.41, 5.74) is 3.66. The molecule has 0 N–H and O–H groups in total. The molecule has 4 aromatic rings. The zero-order chi connectivity index (χ0) is 23.3. The van der Waals surface area contributed by atoms with E-state index >= 15 is 0 Å². The van der Waals surface area contributed by atoms with Crippen molar-refractivity contribution in [3.05, 3.63) is 89.6 Å². The van der Waals surface area contributed by atoms with Crippen molar-refractivity contribution < 1.29 is 14.3 Å². The lowest BCUT2D eigenvalue weighted by Gasteiger charge is -2.28. The van der Waals surface area contributed by atoms with Gasteiger partial charge in [-0.15, -0.1) is 0 Å². The van der Waals surface area contributed by atoms with Crippen molar-refractivity contribution in [2.75, 3.05) is 0 Å². The average molecular weight is 440 g/mol. The van der Waals surface area contributed by atoms with Crippen LogP contribution in [0.5, 0.6) is 11.8 Å². The second-order valence-corrected chi connectivity index (χ2v) is 9.19. The molecule has 1 aliphatic heterocycles. The number of nitrogens with zero attached hydrogens (tertiary/aromatic N) is 3. The number of fused-ring (bicyclic) bond motifs is 3. The van der Waals surface area contributed by atoms with Gasteiger partial charge in [0.15, 0.2) is 0 Å². The fourth-order valence-electron chi connectivity index (χ4n) is 4.17. The molecule has 2 aromatic carbocycles. The highest BCUT2D eigenvalue weighted by Crippen LogP contribution is 2.49. The molecule has 0 radical (unpaired) electrons. The molecule has 166 valence electrons. The molecule has 0 fully saturated rings. The second-order valence-electron chi connectivity index (χ2n) is 9.19. The van der Waals surface area contributed by atoms with Gasteiger partial charge in [-0.1, -0.05) is 43.0 Å². The first-order chi connectivity index (χ1) is 15.7. The van der Waals surface area contributed by atoms with Crippen LogP contribution in [-0.4, -0.2) is 26.3 Å². The topological polar surface area (TPSA) is 66.2 Å². The van der Waals surface area contributed by atoms with Gasteiger partial charge in [-0.2, -0.15) is 5.10 Å². The van der Waals surface area contributed by atoms with Gasteiger partial charge in [0.2, 0.25) is 11.8 Å². The number of hydrogen-bond donors (Lipinski definition) is 0. The van der Waals surface area contributed by atoms with Gasteiger partial charge in [0, 0.05) is 16.5 Å². The van der Waals surface area contributed by atoms with Crippen molar-refractivity contribution in [3.63, 3.8) is 0 Å². The molecule has 33 heavy (non-hydrogen) atoms. The van der Waals surface area contributed by atoms with Crippen LogP contribution in [0, 0.1) is 6.92 Å². The molecule has 0 saturated carbocycles. The summed E-state index contributed by atoms with van der Waals surface area (Å²) in [6.07, 6.45) is 0. The maximum Gasteiger partial charge on any atom is 0.334 e. The van der Waals surface area contributed by atoms with Crippen LogP contribution in [-0.2, 0) is 9.53 Å². The maximum atomic E-state index is 13.1. The van der Waals surface area contributed by atoms with Crippen LogP contribution < -0.4 is 4.74 Å². The van der Waals surface area contributed by atoms with E-state index in [1.54, 1.807) is 4.68 Å². The molecule has 0 unspecified atom stereocenters. The highest BCUT2D eigenvalue weighted by Gasteiger charge is 2.39. The summed E-state index contributed by atoms with van der Waals surface area (Å²) in [6, 6.07) is 19.6. The lowest BCUT2D eigenvalue weighted by molar-refractivity contribution is -0.150. The third kappa shape index (κ3) is 3.67. The predicted molar refractivity (Wildman–Crippen MR) is 127 cm³/mol. The van der Waals surface area contributed by atoms with Crippen molar-refractivity contribution >= 4 is 16.9 Å². The van der Waals surface area contributed by atoms with Crippen molar-refractivity contribution in [1.29, 1.82) is 0 Å². The Balaban J connectivity index is 1.72. The molecule has 1 atom stereocenters. The van der Waals surface area contributed by atoms with Gasteiger partial charge in [0.25, 0.3) is 0 Å². The molecule has 0 spiro atoms. The number of esters is 1. The van der Waals surface area contributed by atoms with Crippen LogP contribution in [0.25, 0.3) is 16.6 Å². The quantitative estimate of drug-likeness (QED) is 0.295. The summed E-state index contributed by atoms with van der Waals surface area (Å²) in [4.78, 5) is 17.9. The number of rotatable bonds is 3. The van der Waals surface area contributed by atoms with Crippen molar-refractivity contribution in [3.8, 4) is 17.4 Å². The Bertz CT molecular complexity index is 1400. The van der Waals surface area contributed by atoms with Gasteiger partial charge in [-0.05, 0) is 52.0 Å². The van der Waals surface area contributed by atoms with Gasteiger partial charge >= 0.3 is 5.97 Å². The van der Waals surface area contributed by atoms with E-state index < -0.39 is 17.5 Å². The maximum absolute atomic E-state index is 13.1. The molecule has 6 nitrogen and oxygen atoms in total. The third-order valence-corrected chi connectivity index (χ3v) is 5.58. The summed E-state index contributed by atoms with van der Waals surface area (Å²) >= 11 is 0. The largest absolute Gasteiger partial charge is 0.457 e. The average Bonchev–Trinajstić information content (AvgIpc) is 3.11. The monoisotopic (exact) mass is 439 g/mol. The molecule has 5 rings (SSSR count). The summed E-state index contributed by atoms with van der Waals surface area (Å²) in [5, 5.41) is 5.71. The normalized spacial score (nSPS) is 14.8. The summed E-state index contributed by atoms with van der Waals surface area (Å²) in [6.45, 7) is 11.6. The van der Waals surface area contributed by atoms with Crippen LogP contribution >= 0.6 is 0 Å². The Kier molecular flexibility index (Phi) is 4.81. The number of benzene rings is 2. The van der Waals surface area contributed by atoms with E-state index in [9.17, 15) is 4.79 Å². The minimum atomic E-state index is -0.637. The molecule has 1 aliphatic rings. The van der Waals surface area contributed by atoms with E-state index in [-0.39, 0.29) is 0 Å². The zero-order valence-corrected chi connectivity index (χ0v) is 19.1. The van der Waals surface area contributed by atoms with Gasteiger partial charge in [0.1, 0.15) is 5.60 Å². The molecule has 0 bridgehead atoms. The SMILES string of the molecule is C=C(C(=O)OC(C)(C)C)[C@H]1c2cc3ccccc3nc2Oc2c1c(C)nn2-c1ccccc1. The Morgan fingerprint density at radius 1 is 1.09 bits per heavy atom. The zero-order valence-electron chi connectivity index (χ0n) is 19.1. The first-order valence-electron chi connectivity index (χ1n) is 10.9. The van der Waals surface area contributed by atoms with E-state index in [1.807, 2.05) is 88.4 Å². The fourth-order valence-corrected chi connectivity index (χ4v) is 4.17. The van der Waals surface area contributed by atoms with Crippen molar-refractivity contribution in [1.82, 2.24) is 14.8 Å². The molecule has 0 amide bonds. The van der Waals surface area contributed by atoms with Crippen LogP contribution in [0.4, 0.5) is 0 Å². The number of hydrogen-bond acceptors (Lipinski definition) is 5. The Hall–Kier alpha value is -3.93. The van der Waals surface area contributed by atoms with Crippen molar-refractivity contribution in [2.24, 2.45) is 0 Å². The Morgan fingerprint density at radius 3 is 2.52 bits per heavy atom. The highest BCUT2D eigenvalue weighted by atomic mass is 16.6. The number of carbonyl (C=O) groups is 1. The Labute approximate surface area is 192 Å². The minimum Gasteiger partial charge on any atom is -0.457 e. The Morgan fingerprint density at radius 2 is 1.79 bits per heavy atom. The summed E-state index contributed by atoms with van der Waals surface area (Å²) in [5.74, 6) is 0.0242. The molecular weight excluding hydrogens is 414 g/mol. The van der Waals surface area contributed by atoms with Crippen LogP contribution in [0.1, 0.15) is 43.5 Å². The molecular formula is C27H25N3O3. The molecule has 0 aliphatic carbocycles. The molecule has 3 heterocycles. The lowest BCUT2D eigenvalue weighted by atomic mass is 9.84. The summed E-state index contributed by atoms with van der Waals surface area (Å²) < 4.78 is 13.8. The number of aryl methyl sites for hydroxylation is 1. The smallest absolute Gasteiger partial charge is 0.334 e. The molecule has 0 saturated heterocycles. The van der Waals surface area contributed by atoms with Crippen LogP contribution in [0.3, 0.4) is 0 Å². The van der Waals surface area contributed by atoms with Gasteiger partial charge in [0.05, 0.1) is 28.4 Å². The number of ether oxygens (including phenoxy) is 2. The second kappa shape index (κ2) is 7.59. The number of carbonyl (C=O) groups excluding carboxylic acids is 1.